The second-order valence-electron chi connectivity index (χ2n) is 8.48. The normalized spacial score (nSPS) is 15.1. The first kappa shape index (κ1) is 24.3. The number of carbonyl (C=O) groups excluding carboxylic acids is 1. The van der Waals surface area contributed by atoms with Crippen LogP contribution in [0.25, 0.3) is 10.6 Å². The average Bonchev–Trinajstić information content (AvgIpc) is 3.35. The summed E-state index contributed by atoms with van der Waals surface area (Å²) in [6.45, 7) is 4.21. The maximum atomic E-state index is 14.1. The first-order chi connectivity index (χ1) is 17.8. The van der Waals surface area contributed by atoms with Crippen molar-refractivity contribution in [2.75, 3.05) is 12.1 Å². The number of benzene rings is 2. The summed E-state index contributed by atoms with van der Waals surface area (Å²) in [5.41, 5.74) is 0.236. The number of halogens is 2. The van der Waals surface area contributed by atoms with E-state index in [1.165, 1.54) is 21.8 Å². The molecule has 1 atom stereocenters. The van der Waals surface area contributed by atoms with Gasteiger partial charge in [-0.1, -0.05) is 54.3 Å². The number of amides is 1. The third-order valence-corrected chi connectivity index (χ3v) is 7.08. The van der Waals surface area contributed by atoms with Gasteiger partial charge in [0, 0.05) is 25.7 Å². The first-order valence-electron chi connectivity index (χ1n) is 11.2. The third-order valence-electron chi connectivity index (χ3n) is 6.12. The Labute approximate surface area is 214 Å². The first-order valence-corrected chi connectivity index (χ1v) is 12.1. The van der Waals surface area contributed by atoms with E-state index < -0.39 is 34.9 Å². The molecule has 11 heteroatoms. The summed E-state index contributed by atoms with van der Waals surface area (Å²) in [6, 6.07) is 12.8. The molecule has 1 amide bonds. The van der Waals surface area contributed by atoms with Crippen molar-refractivity contribution in [3.63, 3.8) is 0 Å². The minimum Gasteiger partial charge on any atom is -0.502 e. The molecule has 1 aliphatic rings. The molecule has 0 saturated carbocycles. The zero-order valence-corrected chi connectivity index (χ0v) is 20.5. The van der Waals surface area contributed by atoms with E-state index in [1.54, 1.807) is 18.1 Å². The van der Waals surface area contributed by atoms with Gasteiger partial charge in [-0.2, -0.15) is 0 Å². The molecule has 3 heterocycles. The van der Waals surface area contributed by atoms with E-state index in [9.17, 15) is 23.5 Å². The molecule has 0 fully saturated rings. The van der Waals surface area contributed by atoms with Crippen LogP contribution in [0.2, 0.25) is 0 Å². The van der Waals surface area contributed by atoms with Gasteiger partial charge >= 0.3 is 0 Å². The lowest BCUT2D eigenvalue weighted by molar-refractivity contribution is 0.0675. The van der Waals surface area contributed by atoms with E-state index >= 15 is 0 Å². The standard InChI is InChI=1S/C26H21F2N5O3S/c1-3-21-31(2)26(36)22-24(35)23(34)18(14-33(22)32(21)13-15-7-5-4-6-8-15)25-30-29-20(37-25)11-16-9-10-17(27)12-19(16)28/h3-10,12,14,21,35H,1,11,13H2,2H3/t21-/m0/s1. The summed E-state index contributed by atoms with van der Waals surface area (Å²) in [5.74, 6) is -2.65. The molecule has 0 aliphatic carbocycles. The van der Waals surface area contributed by atoms with Gasteiger partial charge in [0.15, 0.2) is 16.5 Å². The van der Waals surface area contributed by atoms with Gasteiger partial charge in [0.25, 0.3) is 5.91 Å². The van der Waals surface area contributed by atoms with Crippen molar-refractivity contribution in [2.45, 2.75) is 19.1 Å². The molecule has 188 valence electrons. The van der Waals surface area contributed by atoms with Crippen LogP contribution in [0.5, 0.6) is 5.75 Å². The number of fused-ring (bicyclic) bond motifs is 1. The Bertz CT molecular complexity index is 1570. The zero-order valence-electron chi connectivity index (χ0n) is 19.6. The number of aromatic nitrogens is 3. The Kier molecular flexibility index (Phi) is 6.30. The molecule has 0 spiro atoms. The van der Waals surface area contributed by atoms with Crippen LogP contribution in [-0.2, 0) is 13.0 Å². The van der Waals surface area contributed by atoms with Crippen molar-refractivity contribution >= 4 is 17.2 Å². The molecule has 1 N–H and O–H groups in total. The lowest BCUT2D eigenvalue weighted by Gasteiger charge is -2.44. The van der Waals surface area contributed by atoms with Crippen molar-refractivity contribution in [1.29, 1.82) is 0 Å². The van der Waals surface area contributed by atoms with E-state index in [4.69, 9.17) is 0 Å². The van der Waals surface area contributed by atoms with Crippen LogP contribution < -0.4 is 10.4 Å². The van der Waals surface area contributed by atoms with Crippen molar-refractivity contribution < 1.29 is 18.7 Å². The van der Waals surface area contributed by atoms with Crippen LogP contribution in [-0.4, -0.2) is 44.0 Å². The highest BCUT2D eigenvalue weighted by atomic mass is 32.1. The fraction of sp³-hybridized carbons (Fsp3) is 0.154. The molecule has 0 bridgehead atoms. The fourth-order valence-corrected chi connectivity index (χ4v) is 5.11. The number of nitrogens with zero attached hydrogens (tertiary/aromatic N) is 5. The highest BCUT2D eigenvalue weighted by Gasteiger charge is 2.37. The maximum Gasteiger partial charge on any atom is 0.278 e. The number of aromatic hydroxyl groups is 1. The van der Waals surface area contributed by atoms with Crippen molar-refractivity contribution in [3.8, 4) is 16.3 Å². The van der Waals surface area contributed by atoms with Gasteiger partial charge < -0.3 is 10.0 Å². The number of rotatable bonds is 6. The quantitative estimate of drug-likeness (QED) is 0.390. The summed E-state index contributed by atoms with van der Waals surface area (Å²) in [6.07, 6.45) is 2.52. The van der Waals surface area contributed by atoms with Gasteiger partial charge in [0.05, 0.1) is 12.1 Å². The molecule has 2 aromatic carbocycles. The molecule has 2 aromatic heterocycles. The summed E-state index contributed by atoms with van der Waals surface area (Å²) in [7, 11) is 1.57. The molecule has 1 aliphatic heterocycles. The molecule has 0 radical (unpaired) electrons. The molecule has 4 aromatic rings. The molecular formula is C26H21F2N5O3S. The second-order valence-corrected chi connectivity index (χ2v) is 9.54. The Morgan fingerprint density at radius 3 is 2.59 bits per heavy atom. The molecule has 8 nitrogen and oxygen atoms in total. The predicted molar refractivity (Wildman–Crippen MR) is 135 cm³/mol. The summed E-state index contributed by atoms with van der Waals surface area (Å²) in [5, 5.41) is 21.4. The summed E-state index contributed by atoms with van der Waals surface area (Å²) >= 11 is 1.04. The summed E-state index contributed by atoms with van der Waals surface area (Å²) in [4.78, 5) is 27.6. The van der Waals surface area contributed by atoms with Crippen LogP contribution >= 0.6 is 11.3 Å². The molecule has 0 unspecified atom stereocenters. The molecule has 37 heavy (non-hydrogen) atoms. The lowest BCUT2D eigenvalue weighted by Crippen LogP contribution is -2.58. The van der Waals surface area contributed by atoms with Crippen LogP contribution in [0, 0.1) is 11.6 Å². The van der Waals surface area contributed by atoms with Crippen molar-refractivity contribution in [1.82, 2.24) is 19.8 Å². The Balaban J connectivity index is 1.59. The number of pyridine rings is 1. The topological polar surface area (TPSA) is 91.6 Å². The zero-order chi connectivity index (χ0) is 26.3. The smallest absolute Gasteiger partial charge is 0.278 e. The fourth-order valence-electron chi connectivity index (χ4n) is 4.24. The minimum absolute atomic E-state index is 0.0304. The number of hydrogen-bond acceptors (Lipinski definition) is 7. The second kappa shape index (κ2) is 9.58. The van der Waals surface area contributed by atoms with E-state index in [-0.39, 0.29) is 28.2 Å². The van der Waals surface area contributed by atoms with Crippen molar-refractivity contribution in [2.24, 2.45) is 0 Å². The highest BCUT2D eigenvalue weighted by molar-refractivity contribution is 7.14. The van der Waals surface area contributed by atoms with E-state index in [0.717, 1.165) is 29.0 Å². The number of carbonyl (C=O) groups is 1. The van der Waals surface area contributed by atoms with Crippen molar-refractivity contribution in [3.05, 3.63) is 111 Å². The van der Waals surface area contributed by atoms with Gasteiger partial charge in [-0.3, -0.25) is 19.3 Å². The molecular weight excluding hydrogens is 500 g/mol. The summed E-state index contributed by atoms with van der Waals surface area (Å²) < 4.78 is 28.8. The SMILES string of the molecule is C=C[C@H]1N(C)C(=O)c2c(O)c(=O)c(-c3nnc(Cc4ccc(F)cc4F)s3)cn2N1Cc1ccccc1. The number of hydrogen-bond donors (Lipinski definition) is 1. The predicted octanol–water partition coefficient (Wildman–Crippen LogP) is 3.68. The van der Waals surface area contributed by atoms with E-state index in [1.807, 2.05) is 30.3 Å². The maximum absolute atomic E-state index is 14.1. The molecule has 5 rings (SSSR count). The Morgan fingerprint density at radius 1 is 1.14 bits per heavy atom. The van der Waals surface area contributed by atoms with Crippen LogP contribution in [0.4, 0.5) is 8.78 Å². The van der Waals surface area contributed by atoms with Crippen LogP contribution in [0.15, 0.2) is 72.2 Å². The van der Waals surface area contributed by atoms with E-state index in [2.05, 4.69) is 16.8 Å². The highest BCUT2D eigenvalue weighted by Crippen LogP contribution is 2.30. The number of likely N-dealkylation sites (N-methyl/N-ethyl adjacent to an activating group) is 1. The lowest BCUT2D eigenvalue weighted by atomic mass is 10.1. The Hall–Kier alpha value is -4.38. The third kappa shape index (κ3) is 4.38. The van der Waals surface area contributed by atoms with Gasteiger partial charge in [0.2, 0.25) is 5.43 Å². The van der Waals surface area contributed by atoms with E-state index in [0.29, 0.717) is 11.6 Å². The van der Waals surface area contributed by atoms with Crippen LogP contribution in [0.3, 0.4) is 0 Å². The van der Waals surface area contributed by atoms with Gasteiger partial charge in [0.1, 0.15) is 22.8 Å². The average molecular weight is 522 g/mol. The Morgan fingerprint density at radius 2 is 1.89 bits per heavy atom. The monoisotopic (exact) mass is 521 g/mol. The largest absolute Gasteiger partial charge is 0.502 e. The minimum atomic E-state index is -0.777. The van der Waals surface area contributed by atoms with Crippen LogP contribution in [0.1, 0.15) is 26.6 Å². The van der Waals surface area contributed by atoms with Gasteiger partial charge in [-0.15, -0.1) is 10.2 Å². The van der Waals surface area contributed by atoms with Gasteiger partial charge in [-0.05, 0) is 23.3 Å². The molecule has 0 saturated heterocycles. The van der Waals surface area contributed by atoms with Gasteiger partial charge in [-0.25, -0.2) is 8.78 Å².